The van der Waals surface area contributed by atoms with Crippen LogP contribution in [-0.2, 0) is 4.79 Å². The Balaban J connectivity index is 3.27. The van der Waals surface area contributed by atoms with E-state index in [1.165, 1.54) is 0 Å². The number of phenolic OH excluding ortho intramolecular Hbond substituents is 3. The molecule has 0 aromatic heterocycles. The van der Waals surface area contributed by atoms with Gasteiger partial charge in [0.15, 0.2) is 23.5 Å². The van der Waals surface area contributed by atoms with Crippen molar-refractivity contribution in [2.75, 3.05) is 6.61 Å². The molecule has 0 unspecified atom stereocenters. The number of carbonyl (C=O) groups excluding carboxylic acids is 2. The second-order valence-corrected chi connectivity index (χ2v) is 4.82. The molecule has 0 fully saturated rings. The van der Waals surface area contributed by atoms with Gasteiger partial charge in [-0.3, -0.25) is 9.59 Å². The lowest BCUT2D eigenvalue weighted by Gasteiger charge is -2.31. The van der Waals surface area contributed by atoms with Crippen molar-refractivity contribution in [2.45, 2.75) is 23.9 Å². The van der Waals surface area contributed by atoms with Crippen LogP contribution in [0.5, 0.6) is 17.2 Å². The van der Waals surface area contributed by atoms with E-state index in [1.807, 2.05) is 0 Å². The fourth-order valence-corrected chi connectivity index (χ4v) is 1.80. The summed E-state index contributed by atoms with van der Waals surface area (Å²) < 4.78 is 0. The highest BCUT2D eigenvalue weighted by Crippen LogP contribution is 2.36. The first-order chi connectivity index (χ1) is 10.6. The third-order valence-electron chi connectivity index (χ3n) is 3.23. The summed E-state index contributed by atoms with van der Waals surface area (Å²) in [6, 6.07) is 1.21. The molecule has 0 aliphatic rings. The first-order valence-corrected chi connectivity index (χ1v) is 6.23. The Hall–Kier alpha value is -2.24. The average Bonchev–Trinajstić information content (AvgIpc) is 2.55. The van der Waals surface area contributed by atoms with Crippen molar-refractivity contribution in [1.82, 2.24) is 0 Å². The van der Waals surface area contributed by atoms with E-state index < -0.39 is 65.4 Å². The van der Waals surface area contributed by atoms with Crippen LogP contribution in [0.3, 0.4) is 0 Å². The zero-order valence-electron chi connectivity index (χ0n) is 11.6. The minimum absolute atomic E-state index is 0.408. The third-order valence-corrected chi connectivity index (χ3v) is 3.23. The summed E-state index contributed by atoms with van der Waals surface area (Å²) in [5.74, 6) is -4.36. The predicted molar refractivity (Wildman–Crippen MR) is 71.9 cm³/mol. The SMILES string of the molecule is O=C[C@@](O)(C(=O)c1cc(O)c(O)c(O)c1)[C@@H](O)[C@@H](O)[C@H](O)CO. The highest BCUT2D eigenvalue weighted by molar-refractivity contribution is 6.12. The minimum Gasteiger partial charge on any atom is -0.504 e. The van der Waals surface area contributed by atoms with Gasteiger partial charge < -0.3 is 40.9 Å². The van der Waals surface area contributed by atoms with Crippen LogP contribution in [0.2, 0.25) is 0 Å². The van der Waals surface area contributed by atoms with E-state index in [2.05, 4.69) is 0 Å². The molecule has 0 saturated carbocycles. The Kier molecular flexibility index (Phi) is 5.64. The van der Waals surface area contributed by atoms with E-state index in [9.17, 15) is 45.3 Å². The maximum Gasteiger partial charge on any atom is 0.211 e. The van der Waals surface area contributed by atoms with Gasteiger partial charge in [-0.2, -0.15) is 0 Å². The van der Waals surface area contributed by atoms with E-state index in [4.69, 9.17) is 5.11 Å². The van der Waals surface area contributed by atoms with Crippen LogP contribution in [0.25, 0.3) is 0 Å². The van der Waals surface area contributed by atoms with E-state index in [-0.39, 0.29) is 0 Å². The minimum atomic E-state index is -3.24. The van der Waals surface area contributed by atoms with Crippen LogP contribution in [0.4, 0.5) is 0 Å². The lowest BCUT2D eigenvalue weighted by atomic mass is 9.84. The van der Waals surface area contributed by atoms with E-state index in [1.54, 1.807) is 0 Å². The molecule has 0 spiro atoms. The first-order valence-electron chi connectivity index (χ1n) is 6.23. The number of aliphatic hydroxyl groups is 5. The first kappa shape index (κ1) is 18.8. The van der Waals surface area contributed by atoms with Gasteiger partial charge in [-0.1, -0.05) is 0 Å². The fraction of sp³-hybridized carbons (Fsp3) is 0.385. The van der Waals surface area contributed by atoms with Gasteiger partial charge >= 0.3 is 0 Å². The number of aromatic hydroxyl groups is 3. The summed E-state index contributed by atoms with van der Waals surface area (Å²) in [5, 5.41) is 75.1. The van der Waals surface area contributed by atoms with Crippen LogP contribution in [-0.4, -0.2) is 83.4 Å². The van der Waals surface area contributed by atoms with Gasteiger partial charge in [-0.15, -0.1) is 0 Å². The van der Waals surface area contributed by atoms with Gasteiger partial charge in [-0.05, 0) is 12.1 Å². The van der Waals surface area contributed by atoms with Crippen LogP contribution in [0.1, 0.15) is 10.4 Å². The molecule has 128 valence electrons. The van der Waals surface area contributed by atoms with Gasteiger partial charge in [0.2, 0.25) is 11.4 Å². The Morgan fingerprint density at radius 2 is 1.61 bits per heavy atom. The van der Waals surface area contributed by atoms with Crippen molar-refractivity contribution in [1.29, 1.82) is 0 Å². The average molecular weight is 332 g/mol. The lowest BCUT2D eigenvalue weighted by molar-refractivity contribution is -0.152. The molecule has 8 N–H and O–H groups in total. The number of benzene rings is 1. The summed E-state index contributed by atoms with van der Waals surface area (Å²) in [7, 11) is 0. The van der Waals surface area contributed by atoms with Gasteiger partial charge in [0.25, 0.3) is 0 Å². The van der Waals surface area contributed by atoms with Crippen molar-refractivity contribution in [3.63, 3.8) is 0 Å². The topological polar surface area (TPSA) is 196 Å². The van der Waals surface area contributed by atoms with Crippen molar-refractivity contribution < 1.29 is 50.4 Å². The van der Waals surface area contributed by atoms with Gasteiger partial charge in [0, 0.05) is 5.56 Å². The second-order valence-electron chi connectivity index (χ2n) is 4.82. The number of aliphatic hydroxyl groups excluding tert-OH is 4. The normalized spacial score (nSPS) is 17.8. The highest BCUT2D eigenvalue weighted by Gasteiger charge is 2.48. The molecule has 1 rings (SSSR count). The molecule has 23 heavy (non-hydrogen) atoms. The quantitative estimate of drug-likeness (QED) is 0.110. The highest BCUT2D eigenvalue weighted by atomic mass is 16.4. The van der Waals surface area contributed by atoms with Gasteiger partial charge in [0.1, 0.15) is 18.3 Å². The summed E-state index contributed by atoms with van der Waals surface area (Å²) in [6.45, 7) is -1.03. The molecular weight excluding hydrogens is 316 g/mol. The molecule has 1 aromatic rings. The monoisotopic (exact) mass is 332 g/mol. The molecule has 1 aromatic carbocycles. The molecule has 10 heteroatoms. The molecule has 0 bridgehead atoms. The van der Waals surface area contributed by atoms with Crippen molar-refractivity contribution in [3.8, 4) is 17.2 Å². The number of Topliss-reactive ketones (excluding diaryl/α,β-unsaturated/α-hetero) is 1. The molecule has 0 radical (unpaired) electrons. The number of carbonyl (C=O) groups is 2. The van der Waals surface area contributed by atoms with Crippen molar-refractivity contribution >= 4 is 12.1 Å². The van der Waals surface area contributed by atoms with E-state index in [0.29, 0.717) is 12.1 Å². The molecular formula is C13H16O10. The zero-order chi connectivity index (χ0) is 17.9. The van der Waals surface area contributed by atoms with E-state index >= 15 is 0 Å². The zero-order valence-corrected chi connectivity index (χ0v) is 11.6. The molecule has 0 heterocycles. The molecule has 0 amide bonds. The Morgan fingerprint density at radius 3 is 2.00 bits per heavy atom. The maximum atomic E-state index is 12.2. The fourth-order valence-electron chi connectivity index (χ4n) is 1.80. The largest absolute Gasteiger partial charge is 0.504 e. The van der Waals surface area contributed by atoms with Crippen LogP contribution in [0.15, 0.2) is 12.1 Å². The van der Waals surface area contributed by atoms with Gasteiger partial charge in [-0.25, -0.2) is 0 Å². The predicted octanol–water partition coefficient (Wildman–Crippen LogP) is -3.01. The lowest BCUT2D eigenvalue weighted by Crippen LogP contribution is -2.59. The number of hydrogen-bond acceptors (Lipinski definition) is 10. The smallest absolute Gasteiger partial charge is 0.211 e. The van der Waals surface area contributed by atoms with Crippen LogP contribution >= 0.6 is 0 Å². The molecule has 0 saturated heterocycles. The Labute approximate surface area is 129 Å². The summed E-state index contributed by atoms with van der Waals surface area (Å²) in [4.78, 5) is 23.2. The molecule has 0 aliphatic carbocycles. The number of ketones is 1. The maximum absolute atomic E-state index is 12.2. The Morgan fingerprint density at radius 1 is 1.13 bits per heavy atom. The number of hydrogen-bond donors (Lipinski definition) is 8. The van der Waals surface area contributed by atoms with Crippen molar-refractivity contribution in [3.05, 3.63) is 17.7 Å². The molecule has 4 atom stereocenters. The standard InChI is InChI=1S/C13H16O10/c14-3-8(18)10(20)12(22)13(23,4-15)11(21)5-1-6(16)9(19)7(17)2-5/h1-2,4,8,10,12,14,16-20,22-23H,3H2/t8-,10+,12+,13-/m1/s1. The number of aldehydes is 1. The van der Waals surface area contributed by atoms with Crippen molar-refractivity contribution in [2.24, 2.45) is 0 Å². The number of rotatable bonds is 7. The van der Waals surface area contributed by atoms with E-state index in [0.717, 1.165) is 0 Å². The van der Waals surface area contributed by atoms with Crippen LogP contribution in [0, 0.1) is 0 Å². The molecule has 0 aliphatic heterocycles. The Bertz CT molecular complexity index is 577. The second kappa shape index (κ2) is 6.89. The summed E-state index contributed by atoms with van der Waals surface area (Å²) >= 11 is 0. The third kappa shape index (κ3) is 3.41. The number of phenols is 3. The van der Waals surface area contributed by atoms with Crippen LogP contribution < -0.4 is 0 Å². The summed E-state index contributed by atoms with van der Waals surface area (Å²) in [6.07, 6.45) is -7.13. The summed E-state index contributed by atoms with van der Waals surface area (Å²) in [5.41, 5.74) is -3.91. The molecule has 10 nitrogen and oxygen atoms in total. The van der Waals surface area contributed by atoms with Gasteiger partial charge in [0.05, 0.1) is 6.61 Å².